The van der Waals surface area contributed by atoms with E-state index in [0.717, 1.165) is 10.2 Å². The minimum absolute atomic E-state index is 0.00853. The van der Waals surface area contributed by atoms with Gasteiger partial charge in [0.1, 0.15) is 11.3 Å². The molecule has 0 spiro atoms. The minimum Gasteiger partial charge on any atom is -0.273 e. The molecule has 0 bridgehead atoms. The maximum atomic E-state index is 14.1. The number of carbonyl (C=O) groups is 1. The van der Waals surface area contributed by atoms with E-state index < -0.39 is 11.4 Å². The van der Waals surface area contributed by atoms with Crippen molar-refractivity contribution < 1.29 is 9.18 Å². The van der Waals surface area contributed by atoms with Crippen LogP contribution < -0.4 is 11.0 Å². The number of benzene rings is 2. The number of halogens is 1. The summed E-state index contributed by atoms with van der Waals surface area (Å²) in [6, 6.07) is 13.4. The molecule has 0 atom stereocenters. The summed E-state index contributed by atoms with van der Waals surface area (Å²) in [6.07, 6.45) is 0.125. The zero-order valence-electron chi connectivity index (χ0n) is 14.4. The zero-order chi connectivity index (χ0) is 18.7. The van der Waals surface area contributed by atoms with Gasteiger partial charge in [0, 0.05) is 5.25 Å². The van der Waals surface area contributed by atoms with E-state index in [9.17, 15) is 14.0 Å². The SMILES string of the molecule is CC(C)Sc1nc2c(F)cccc2c(=O)n1NC(=O)Cc1ccccc1. The molecule has 0 unspecified atom stereocenters. The molecule has 1 heterocycles. The quantitative estimate of drug-likeness (QED) is 0.552. The number of rotatable bonds is 5. The van der Waals surface area contributed by atoms with Gasteiger partial charge in [-0.05, 0) is 17.7 Å². The molecule has 2 aromatic carbocycles. The summed E-state index contributed by atoms with van der Waals surface area (Å²) in [4.78, 5) is 29.5. The van der Waals surface area contributed by atoms with Gasteiger partial charge in [0.15, 0.2) is 5.16 Å². The van der Waals surface area contributed by atoms with E-state index in [2.05, 4.69) is 10.4 Å². The van der Waals surface area contributed by atoms with Crippen LogP contribution in [0.4, 0.5) is 4.39 Å². The molecule has 0 saturated carbocycles. The Kier molecular flexibility index (Phi) is 5.37. The van der Waals surface area contributed by atoms with E-state index in [1.54, 1.807) is 0 Å². The Morgan fingerprint density at radius 3 is 2.62 bits per heavy atom. The van der Waals surface area contributed by atoms with Crippen molar-refractivity contribution in [1.82, 2.24) is 9.66 Å². The maximum absolute atomic E-state index is 14.1. The fourth-order valence-electron chi connectivity index (χ4n) is 2.49. The number of carbonyl (C=O) groups excluding carboxylic acids is 1. The highest BCUT2D eigenvalue weighted by molar-refractivity contribution is 7.99. The molecule has 26 heavy (non-hydrogen) atoms. The van der Waals surface area contributed by atoms with Crippen LogP contribution in [0.5, 0.6) is 0 Å². The normalized spacial score (nSPS) is 11.1. The largest absolute Gasteiger partial charge is 0.281 e. The van der Waals surface area contributed by atoms with Crippen LogP contribution in [-0.2, 0) is 11.2 Å². The molecule has 1 aromatic heterocycles. The second-order valence-electron chi connectivity index (χ2n) is 6.03. The molecular weight excluding hydrogens is 353 g/mol. The van der Waals surface area contributed by atoms with Crippen molar-refractivity contribution >= 4 is 28.6 Å². The first-order chi connectivity index (χ1) is 12.5. The Morgan fingerprint density at radius 1 is 1.19 bits per heavy atom. The lowest BCUT2D eigenvalue weighted by Crippen LogP contribution is -2.36. The topological polar surface area (TPSA) is 64.0 Å². The third-order valence-corrected chi connectivity index (χ3v) is 4.56. The summed E-state index contributed by atoms with van der Waals surface area (Å²) in [6.45, 7) is 3.86. The molecule has 0 aliphatic carbocycles. The van der Waals surface area contributed by atoms with Crippen molar-refractivity contribution in [3.8, 4) is 0 Å². The summed E-state index contributed by atoms with van der Waals surface area (Å²) in [5, 5.41) is 0.477. The number of nitrogens with zero attached hydrogens (tertiary/aromatic N) is 2. The monoisotopic (exact) mass is 371 g/mol. The van der Waals surface area contributed by atoms with Gasteiger partial charge < -0.3 is 0 Å². The van der Waals surface area contributed by atoms with Crippen LogP contribution in [0, 0.1) is 5.82 Å². The molecule has 1 amide bonds. The Morgan fingerprint density at radius 2 is 1.92 bits per heavy atom. The average Bonchev–Trinajstić information content (AvgIpc) is 2.60. The number of para-hydroxylation sites is 1. The van der Waals surface area contributed by atoms with Crippen molar-refractivity contribution in [1.29, 1.82) is 0 Å². The summed E-state index contributed by atoms with van der Waals surface area (Å²) in [5.74, 6) is -0.908. The van der Waals surface area contributed by atoms with Crippen molar-refractivity contribution in [3.05, 3.63) is 70.3 Å². The molecule has 134 valence electrons. The molecule has 0 fully saturated rings. The van der Waals surface area contributed by atoms with E-state index >= 15 is 0 Å². The van der Waals surface area contributed by atoms with E-state index in [4.69, 9.17) is 0 Å². The number of thioether (sulfide) groups is 1. The number of hydrogen-bond donors (Lipinski definition) is 1. The van der Waals surface area contributed by atoms with Gasteiger partial charge in [0.05, 0.1) is 11.8 Å². The van der Waals surface area contributed by atoms with Gasteiger partial charge in [-0.3, -0.25) is 15.0 Å². The molecule has 0 saturated heterocycles. The lowest BCUT2D eigenvalue weighted by atomic mass is 10.1. The van der Waals surface area contributed by atoms with Gasteiger partial charge in [-0.1, -0.05) is 62.0 Å². The van der Waals surface area contributed by atoms with Crippen LogP contribution in [-0.4, -0.2) is 20.8 Å². The van der Waals surface area contributed by atoms with Gasteiger partial charge in [-0.25, -0.2) is 9.37 Å². The Hall–Kier alpha value is -2.67. The number of aromatic nitrogens is 2. The average molecular weight is 371 g/mol. The van der Waals surface area contributed by atoms with Crippen LogP contribution in [0.1, 0.15) is 19.4 Å². The zero-order valence-corrected chi connectivity index (χ0v) is 15.2. The maximum Gasteiger partial charge on any atom is 0.281 e. The van der Waals surface area contributed by atoms with Gasteiger partial charge in [-0.2, -0.15) is 4.68 Å². The second-order valence-corrected chi connectivity index (χ2v) is 7.58. The lowest BCUT2D eigenvalue weighted by molar-refractivity contribution is -0.116. The van der Waals surface area contributed by atoms with Crippen molar-refractivity contribution in [3.63, 3.8) is 0 Å². The molecule has 7 heteroatoms. The number of hydrogen-bond acceptors (Lipinski definition) is 4. The third-order valence-electron chi connectivity index (χ3n) is 3.60. The number of fused-ring (bicyclic) bond motifs is 1. The molecule has 0 aliphatic heterocycles. The smallest absolute Gasteiger partial charge is 0.273 e. The summed E-state index contributed by atoms with van der Waals surface area (Å²) in [7, 11) is 0. The lowest BCUT2D eigenvalue weighted by Gasteiger charge is -2.15. The third kappa shape index (κ3) is 3.94. The second kappa shape index (κ2) is 7.70. The first-order valence-electron chi connectivity index (χ1n) is 8.17. The van der Waals surface area contributed by atoms with Crippen LogP contribution in [0.25, 0.3) is 10.9 Å². The summed E-state index contributed by atoms with van der Waals surface area (Å²) in [5.41, 5.74) is 2.94. The van der Waals surface area contributed by atoms with Crippen molar-refractivity contribution in [2.24, 2.45) is 0 Å². The van der Waals surface area contributed by atoms with Crippen LogP contribution in [0.3, 0.4) is 0 Å². The minimum atomic E-state index is -0.562. The predicted octanol–water partition coefficient (Wildman–Crippen LogP) is 3.35. The Balaban J connectivity index is 2.01. The highest BCUT2D eigenvalue weighted by Crippen LogP contribution is 2.22. The van der Waals surface area contributed by atoms with Crippen LogP contribution in [0.15, 0.2) is 58.5 Å². The molecule has 1 N–H and O–H groups in total. The van der Waals surface area contributed by atoms with E-state index in [-0.39, 0.29) is 33.6 Å². The number of nitrogens with one attached hydrogen (secondary N) is 1. The summed E-state index contributed by atoms with van der Waals surface area (Å²) >= 11 is 1.28. The Bertz CT molecular complexity index is 1000. The Labute approximate surface area is 154 Å². The van der Waals surface area contributed by atoms with E-state index in [1.165, 1.54) is 30.0 Å². The van der Waals surface area contributed by atoms with Crippen molar-refractivity contribution in [2.75, 3.05) is 5.43 Å². The summed E-state index contributed by atoms with van der Waals surface area (Å²) < 4.78 is 15.2. The van der Waals surface area contributed by atoms with E-state index in [1.807, 2.05) is 44.2 Å². The molecule has 3 rings (SSSR count). The van der Waals surface area contributed by atoms with Crippen LogP contribution >= 0.6 is 11.8 Å². The highest BCUT2D eigenvalue weighted by atomic mass is 32.2. The van der Waals surface area contributed by atoms with Gasteiger partial charge in [-0.15, -0.1) is 0 Å². The molecule has 0 aliphatic rings. The molecule has 3 aromatic rings. The fraction of sp³-hybridized carbons (Fsp3) is 0.211. The van der Waals surface area contributed by atoms with Crippen molar-refractivity contribution in [2.45, 2.75) is 30.7 Å². The van der Waals surface area contributed by atoms with Gasteiger partial charge >= 0.3 is 0 Å². The first-order valence-corrected chi connectivity index (χ1v) is 9.05. The van der Waals surface area contributed by atoms with Gasteiger partial charge in [0.2, 0.25) is 5.91 Å². The van der Waals surface area contributed by atoms with Gasteiger partial charge in [0.25, 0.3) is 5.56 Å². The number of amides is 1. The van der Waals surface area contributed by atoms with E-state index in [0.29, 0.717) is 0 Å². The first kappa shape index (κ1) is 18.1. The highest BCUT2D eigenvalue weighted by Gasteiger charge is 2.17. The standard InChI is InChI=1S/C19H18FN3O2S/c1-12(2)26-19-21-17-14(9-6-10-15(17)20)18(25)23(19)22-16(24)11-13-7-4-3-5-8-13/h3-10,12H,11H2,1-2H3,(H,22,24). The fourth-order valence-corrected chi connectivity index (χ4v) is 3.29. The molecule has 5 nitrogen and oxygen atoms in total. The molecule has 0 radical (unpaired) electrons. The van der Waals surface area contributed by atoms with Crippen LogP contribution in [0.2, 0.25) is 0 Å². The molecular formula is C19H18FN3O2S. The predicted molar refractivity (Wildman–Crippen MR) is 101 cm³/mol.